The normalized spacial score (nSPS) is 16.9. The van der Waals surface area contributed by atoms with Crippen LogP contribution in [0.4, 0.5) is 11.6 Å². The summed E-state index contributed by atoms with van der Waals surface area (Å²) in [7, 11) is 0. The number of nitrogens with zero attached hydrogens (tertiary/aromatic N) is 7. The molecule has 2 aliphatic heterocycles. The van der Waals surface area contributed by atoms with Gasteiger partial charge in [-0.3, -0.25) is 0 Å². The largest absolute Gasteiger partial charge is 0.382 e. The first-order valence-electron chi connectivity index (χ1n) is 11.8. The second kappa shape index (κ2) is 9.61. The minimum Gasteiger partial charge on any atom is -0.382 e. The maximum Gasteiger partial charge on any atom is 0.152 e. The van der Waals surface area contributed by atoms with Crippen LogP contribution in [0.5, 0.6) is 0 Å². The van der Waals surface area contributed by atoms with E-state index in [0.29, 0.717) is 17.3 Å². The number of anilines is 2. The molecule has 0 aliphatic carbocycles. The van der Waals surface area contributed by atoms with Crippen LogP contribution in [0, 0.1) is 18.3 Å². The number of nitrogens with two attached hydrogens (primary N) is 1. The Morgan fingerprint density at radius 1 is 1.15 bits per heavy atom. The first kappa shape index (κ1) is 22.6. The van der Waals surface area contributed by atoms with E-state index in [2.05, 4.69) is 48.7 Å². The number of halogens is 1. The zero-order valence-electron chi connectivity index (χ0n) is 19.4. The molecule has 2 aromatic heterocycles. The number of piperidine rings is 1. The summed E-state index contributed by atoms with van der Waals surface area (Å²) in [4.78, 5) is 18.0. The van der Waals surface area contributed by atoms with Crippen molar-refractivity contribution in [2.45, 2.75) is 38.6 Å². The summed E-state index contributed by atoms with van der Waals surface area (Å²) in [5.74, 6) is 2.34. The molecule has 0 amide bonds. The van der Waals surface area contributed by atoms with E-state index in [4.69, 9.17) is 22.3 Å². The predicted molar refractivity (Wildman–Crippen MR) is 134 cm³/mol. The number of aromatic nitrogens is 4. The van der Waals surface area contributed by atoms with Crippen LogP contribution in [0.1, 0.15) is 42.1 Å². The number of aryl methyl sites for hydroxylation is 1. The van der Waals surface area contributed by atoms with Crippen LogP contribution in [0.15, 0.2) is 30.7 Å². The number of imidazole rings is 1. The van der Waals surface area contributed by atoms with Gasteiger partial charge in [0.05, 0.1) is 5.69 Å². The molecule has 1 aromatic carbocycles. The van der Waals surface area contributed by atoms with Gasteiger partial charge in [-0.2, -0.15) is 5.26 Å². The lowest BCUT2D eigenvalue weighted by molar-refractivity contribution is 0.173. The molecule has 3 aromatic rings. The number of hydrogen-bond donors (Lipinski definition) is 1. The molecule has 9 heteroatoms. The number of likely N-dealkylation sites (tertiary alicyclic amines) is 1. The van der Waals surface area contributed by atoms with Gasteiger partial charge in [-0.15, -0.1) is 0 Å². The van der Waals surface area contributed by atoms with Gasteiger partial charge in [-0.25, -0.2) is 15.0 Å². The molecule has 5 rings (SSSR count). The SMILES string of the molecule is Cc1ccc(-c2cn(CCN3CCC3)c(C3CCN(c4ncnc(N)c4C#N)CC3)n2)cc1Cl. The summed E-state index contributed by atoms with van der Waals surface area (Å²) in [5.41, 5.74) is 9.34. The molecule has 2 fully saturated rings. The van der Waals surface area contributed by atoms with E-state index in [-0.39, 0.29) is 5.82 Å². The third kappa shape index (κ3) is 4.46. The fraction of sp³-hybridized carbons (Fsp3) is 0.440. The van der Waals surface area contributed by atoms with Gasteiger partial charge >= 0.3 is 0 Å². The Hall–Kier alpha value is -3.15. The summed E-state index contributed by atoms with van der Waals surface area (Å²) < 4.78 is 2.34. The molecule has 2 aliphatic rings. The second-order valence-electron chi connectivity index (χ2n) is 9.17. The summed E-state index contributed by atoms with van der Waals surface area (Å²) in [5, 5.41) is 10.3. The molecule has 8 nitrogen and oxygen atoms in total. The van der Waals surface area contributed by atoms with Crippen molar-refractivity contribution in [3.8, 4) is 17.3 Å². The minimum absolute atomic E-state index is 0.234. The highest BCUT2D eigenvalue weighted by Crippen LogP contribution is 2.33. The van der Waals surface area contributed by atoms with Crippen LogP contribution < -0.4 is 10.6 Å². The Labute approximate surface area is 205 Å². The Bertz CT molecular complexity index is 1220. The zero-order chi connectivity index (χ0) is 23.7. The quantitative estimate of drug-likeness (QED) is 0.576. The Morgan fingerprint density at radius 3 is 2.62 bits per heavy atom. The van der Waals surface area contributed by atoms with E-state index in [9.17, 15) is 5.26 Å². The predicted octanol–water partition coefficient (Wildman–Crippen LogP) is 3.85. The van der Waals surface area contributed by atoms with Crippen LogP contribution in [0.25, 0.3) is 11.3 Å². The Balaban J connectivity index is 1.38. The van der Waals surface area contributed by atoms with E-state index < -0.39 is 0 Å². The van der Waals surface area contributed by atoms with Crippen LogP contribution in [-0.4, -0.2) is 57.1 Å². The number of nitrogen functional groups attached to an aromatic ring is 1. The van der Waals surface area contributed by atoms with Crippen LogP contribution in [0.2, 0.25) is 5.02 Å². The topological polar surface area (TPSA) is 99.9 Å². The molecule has 176 valence electrons. The Kier molecular flexibility index (Phi) is 6.40. The van der Waals surface area contributed by atoms with E-state index in [1.165, 1.54) is 25.8 Å². The lowest BCUT2D eigenvalue weighted by Gasteiger charge is -2.34. The highest BCUT2D eigenvalue weighted by atomic mass is 35.5. The third-order valence-electron chi connectivity index (χ3n) is 7.01. The zero-order valence-corrected chi connectivity index (χ0v) is 20.2. The van der Waals surface area contributed by atoms with Gasteiger partial charge in [0, 0.05) is 48.9 Å². The standard InChI is InChI=1S/C25H29ClN8/c1-17-3-4-19(13-21(17)26)22-15-34(12-11-32-7-2-8-32)24(31-22)18-5-9-33(10-6-18)25-20(14-27)23(28)29-16-30-25/h3-4,13,15-16,18H,2,5-12H2,1H3,(H2,28,29,30). The van der Waals surface area contributed by atoms with Crippen LogP contribution >= 0.6 is 11.6 Å². The average molecular weight is 477 g/mol. The summed E-state index contributed by atoms with van der Waals surface area (Å²) >= 11 is 6.41. The highest BCUT2D eigenvalue weighted by molar-refractivity contribution is 6.31. The van der Waals surface area contributed by atoms with Crippen molar-refractivity contribution < 1.29 is 0 Å². The monoisotopic (exact) mass is 476 g/mol. The highest BCUT2D eigenvalue weighted by Gasteiger charge is 2.28. The number of rotatable bonds is 6. The summed E-state index contributed by atoms with van der Waals surface area (Å²) in [6.07, 6.45) is 6.77. The Morgan fingerprint density at radius 2 is 1.94 bits per heavy atom. The van der Waals surface area contributed by atoms with Gasteiger partial charge < -0.3 is 20.1 Å². The number of nitriles is 1. The maximum absolute atomic E-state index is 9.51. The fourth-order valence-corrected chi connectivity index (χ4v) is 4.95. The molecule has 0 spiro atoms. The van der Waals surface area contributed by atoms with Gasteiger partial charge in [0.2, 0.25) is 0 Å². The van der Waals surface area contributed by atoms with E-state index in [0.717, 1.165) is 66.7 Å². The molecular formula is C25H29ClN8. The summed E-state index contributed by atoms with van der Waals surface area (Å²) in [6.45, 7) is 7.95. The molecule has 0 saturated carbocycles. The van der Waals surface area contributed by atoms with Crippen molar-refractivity contribution in [1.29, 1.82) is 5.26 Å². The van der Waals surface area contributed by atoms with Crippen LogP contribution in [-0.2, 0) is 6.54 Å². The van der Waals surface area contributed by atoms with Gasteiger partial charge in [0.1, 0.15) is 29.6 Å². The number of benzene rings is 1. The minimum atomic E-state index is 0.234. The number of hydrogen-bond acceptors (Lipinski definition) is 7. The molecule has 0 atom stereocenters. The molecule has 0 radical (unpaired) electrons. The van der Waals surface area contributed by atoms with Gasteiger partial charge in [0.25, 0.3) is 0 Å². The van der Waals surface area contributed by atoms with Crippen molar-refractivity contribution in [2.24, 2.45) is 0 Å². The summed E-state index contributed by atoms with van der Waals surface area (Å²) in [6, 6.07) is 8.31. The van der Waals surface area contributed by atoms with Gasteiger partial charge in [0.15, 0.2) is 5.82 Å². The van der Waals surface area contributed by atoms with Gasteiger partial charge in [-0.05, 0) is 50.9 Å². The molecule has 0 unspecified atom stereocenters. The van der Waals surface area contributed by atoms with Crippen molar-refractivity contribution in [3.05, 3.63) is 52.7 Å². The fourth-order valence-electron chi connectivity index (χ4n) is 4.77. The van der Waals surface area contributed by atoms with Crippen molar-refractivity contribution in [2.75, 3.05) is 43.4 Å². The average Bonchev–Trinajstić information content (AvgIpc) is 3.24. The van der Waals surface area contributed by atoms with E-state index in [1.54, 1.807) is 0 Å². The van der Waals surface area contributed by atoms with Crippen LogP contribution in [0.3, 0.4) is 0 Å². The maximum atomic E-state index is 9.51. The van der Waals surface area contributed by atoms with Gasteiger partial charge in [-0.1, -0.05) is 23.7 Å². The lowest BCUT2D eigenvalue weighted by Crippen LogP contribution is -2.39. The smallest absolute Gasteiger partial charge is 0.152 e. The van der Waals surface area contributed by atoms with Crippen molar-refractivity contribution >= 4 is 23.2 Å². The molecule has 0 bridgehead atoms. The molecule has 4 heterocycles. The molecule has 2 N–H and O–H groups in total. The first-order chi connectivity index (χ1) is 16.5. The third-order valence-corrected chi connectivity index (χ3v) is 7.42. The second-order valence-corrected chi connectivity index (χ2v) is 9.57. The van der Waals surface area contributed by atoms with Crippen molar-refractivity contribution in [3.63, 3.8) is 0 Å². The van der Waals surface area contributed by atoms with E-state index in [1.807, 2.05) is 13.0 Å². The molecule has 34 heavy (non-hydrogen) atoms. The van der Waals surface area contributed by atoms with E-state index >= 15 is 0 Å². The molecular weight excluding hydrogens is 448 g/mol. The lowest BCUT2D eigenvalue weighted by atomic mass is 9.95. The molecule has 2 saturated heterocycles. The van der Waals surface area contributed by atoms with Crippen molar-refractivity contribution in [1.82, 2.24) is 24.4 Å². The first-order valence-corrected chi connectivity index (χ1v) is 12.2.